The molecule has 1 atom stereocenters. The van der Waals surface area contributed by atoms with Crippen molar-refractivity contribution in [3.8, 4) is 0 Å². The molecule has 0 aliphatic carbocycles. The first kappa shape index (κ1) is 15.7. The van der Waals surface area contributed by atoms with Crippen LogP contribution in [-0.2, 0) is 13.6 Å². The van der Waals surface area contributed by atoms with Crippen molar-refractivity contribution in [1.82, 2.24) is 20.0 Å². The van der Waals surface area contributed by atoms with Gasteiger partial charge in [0.15, 0.2) is 0 Å². The summed E-state index contributed by atoms with van der Waals surface area (Å²) in [5.41, 5.74) is 2.25. The largest absolute Gasteiger partial charge is 0.307 e. The second-order valence-corrected chi connectivity index (χ2v) is 5.53. The number of nitrogens with zero attached hydrogens (tertiary/aromatic N) is 3. The fourth-order valence-electron chi connectivity index (χ4n) is 2.08. The number of aryl methyl sites for hydroxylation is 2. The van der Waals surface area contributed by atoms with Gasteiger partial charge in [0, 0.05) is 26.2 Å². The fourth-order valence-corrected chi connectivity index (χ4v) is 2.55. The highest BCUT2D eigenvalue weighted by Gasteiger charge is 2.12. The van der Waals surface area contributed by atoms with Gasteiger partial charge < -0.3 is 10.2 Å². The Morgan fingerprint density at radius 2 is 2.00 bits per heavy atom. The van der Waals surface area contributed by atoms with Crippen LogP contribution in [0.25, 0.3) is 0 Å². The topological polar surface area (TPSA) is 33.1 Å². The average molecular weight is 317 g/mol. The van der Waals surface area contributed by atoms with E-state index in [9.17, 15) is 0 Å². The van der Waals surface area contributed by atoms with Gasteiger partial charge in [0.2, 0.25) is 0 Å². The van der Waals surface area contributed by atoms with Gasteiger partial charge in [-0.05, 0) is 42.9 Å². The van der Waals surface area contributed by atoms with Gasteiger partial charge in [0.1, 0.15) is 0 Å². The number of likely N-dealkylation sites (N-methyl/N-ethyl adjacent to an activating group) is 1. The summed E-state index contributed by atoms with van der Waals surface area (Å²) in [6, 6.07) is 0.479. The lowest BCUT2D eigenvalue weighted by molar-refractivity contribution is 0.270. The molecule has 0 saturated carbocycles. The first-order valence-electron chi connectivity index (χ1n) is 6.63. The summed E-state index contributed by atoms with van der Waals surface area (Å²) in [6.45, 7) is 12.8. The third kappa shape index (κ3) is 4.07. The van der Waals surface area contributed by atoms with E-state index in [1.165, 1.54) is 5.69 Å². The summed E-state index contributed by atoms with van der Waals surface area (Å²) in [6.07, 6.45) is 0. The van der Waals surface area contributed by atoms with E-state index < -0.39 is 0 Å². The lowest BCUT2D eigenvalue weighted by atomic mass is 10.3. The van der Waals surface area contributed by atoms with E-state index in [2.05, 4.69) is 52.0 Å². The molecule has 5 heteroatoms. The zero-order chi connectivity index (χ0) is 13.7. The van der Waals surface area contributed by atoms with E-state index in [0.717, 1.165) is 36.3 Å². The van der Waals surface area contributed by atoms with Crippen LogP contribution < -0.4 is 5.32 Å². The van der Waals surface area contributed by atoms with Crippen LogP contribution in [-0.4, -0.2) is 40.4 Å². The summed E-state index contributed by atoms with van der Waals surface area (Å²) in [5.74, 6) is 0. The summed E-state index contributed by atoms with van der Waals surface area (Å²) in [7, 11) is 1.99. The number of aromatic nitrogens is 2. The van der Waals surface area contributed by atoms with E-state index in [1.807, 2.05) is 18.7 Å². The van der Waals surface area contributed by atoms with Gasteiger partial charge in [0.25, 0.3) is 0 Å². The van der Waals surface area contributed by atoms with Crippen LogP contribution in [0.2, 0.25) is 0 Å². The van der Waals surface area contributed by atoms with Gasteiger partial charge in [-0.15, -0.1) is 0 Å². The van der Waals surface area contributed by atoms with Crippen molar-refractivity contribution in [2.45, 2.75) is 40.3 Å². The summed E-state index contributed by atoms with van der Waals surface area (Å²) < 4.78 is 3.06. The Kier molecular flexibility index (Phi) is 6.32. The minimum Gasteiger partial charge on any atom is -0.307 e. The molecular weight excluding hydrogens is 292 g/mol. The first-order chi connectivity index (χ1) is 8.49. The van der Waals surface area contributed by atoms with E-state index in [1.54, 1.807) is 0 Å². The monoisotopic (exact) mass is 316 g/mol. The Morgan fingerprint density at radius 1 is 1.39 bits per heavy atom. The maximum atomic E-state index is 4.40. The van der Waals surface area contributed by atoms with Crippen LogP contribution in [0.1, 0.15) is 32.2 Å². The molecule has 1 aromatic rings. The Labute approximate surface area is 119 Å². The highest BCUT2D eigenvalue weighted by molar-refractivity contribution is 9.10. The SMILES string of the molecule is CCN(CC)CC(C)NCc1c(Br)c(C)nn1C. The molecule has 0 bridgehead atoms. The van der Waals surface area contributed by atoms with Crippen molar-refractivity contribution in [2.24, 2.45) is 7.05 Å². The average Bonchev–Trinajstić information content (AvgIpc) is 2.58. The van der Waals surface area contributed by atoms with Crippen molar-refractivity contribution in [3.05, 3.63) is 15.9 Å². The highest BCUT2D eigenvalue weighted by atomic mass is 79.9. The van der Waals surface area contributed by atoms with Crippen LogP contribution in [0.5, 0.6) is 0 Å². The number of hydrogen-bond donors (Lipinski definition) is 1. The van der Waals surface area contributed by atoms with Crippen molar-refractivity contribution < 1.29 is 0 Å². The molecule has 1 rings (SSSR count). The third-order valence-electron chi connectivity index (χ3n) is 3.31. The van der Waals surface area contributed by atoms with Gasteiger partial charge in [-0.1, -0.05) is 13.8 Å². The van der Waals surface area contributed by atoms with E-state index in [4.69, 9.17) is 0 Å². The number of nitrogens with one attached hydrogen (secondary N) is 1. The van der Waals surface area contributed by atoms with Crippen LogP contribution in [0.3, 0.4) is 0 Å². The molecular formula is C13H25BrN4. The van der Waals surface area contributed by atoms with Crippen molar-refractivity contribution >= 4 is 15.9 Å². The predicted octanol–water partition coefficient (Wildman–Crippen LogP) is 2.31. The Balaban J connectivity index is 2.49. The van der Waals surface area contributed by atoms with Gasteiger partial charge in [-0.25, -0.2) is 0 Å². The van der Waals surface area contributed by atoms with E-state index in [0.29, 0.717) is 6.04 Å². The minimum absolute atomic E-state index is 0.479. The standard InChI is InChI=1S/C13H25BrN4/c1-6-18(7-2)9-10(3)15-8-12-13(14)11(4)16-17(12)5/h10,15H,6-9H2,1-5H3. The lowest BCUT2D eigenvalue weighted by Crippen LogP contribution is -2.39. The van der Waals surface area contributed by atoms with E-state index in [-0.39, 0.29) is 0 Å². The Bertz CT molecular complexity index is 371. The molecule has 1 unspecified atom stereocenters. The van der Waals surface area contributed by atoms with Crippen LogP contribution in [0.15, 0.2) is 4.47 Å². The van der Waals surface area contributed by atoms with Gasteiger partial charge in [-0.3, -0.25) is 4.68 Å². The van der Waals surface area contributed by atoms with Gasteiger partial charge in [-0.2, -0.15) is 5.10 Å². The zero-order valence-corrected chi connectivity index (χ0v) is 13.7. The van der Waals surface area contributed by atoms with Crippen LogP contribution >= 0.6 is 15.9 Å². The van der Waals surface area contributed by atoms with Gasteiger partial charge in [0.05, 0.1) is 15.9 Å². The molecule has 0 radical (unpaired) electrons. The van der Waals surface area contributed by atoms with Crippen molar-refractivity contribution in [3.63, 3.8) is 0 Å². The molecule has 0 fully saturated rings. The minimum atomic E-state index is 0.479. The molecule has 104 valence electrons. The maximum Gasteiger partial charge on any atom is 0.0739 e. The normalized spacial score (nSPS) is 13.3. The molecule has 0 aromatic carbocycles. The lowest BCUT2D eigenvalue weighted by Gasteiger charge is -2.23. The van der Waals surface area contributed by atoms with Gasteiger partial charge >= 0.3 is 0 Å². The van der Waals surface area contributed by atoms with Crippen LogP contribution in [0, 0.1) is 6.92 Å². The Hall–Kier alpha value is -0.390. The first-order valence-corrected chi connectivity index (χ1v) is 7.42. The second kappa shape index (κ2) is 7.26. The van der Waals surface area contributed by atoms with E-state index >= 15 is 0 Å². The number of hydrogen-bond acceptors (Lipinski definition) is 3. The molecule has 0 saturated heterocycles. The zero-order valence-electron chi connectivity index (χ0n) is 12.1. The number of rotatable bonds is 7. The quantitative estimate of drug-likeness (QED) is 0.838. The summed E-state index contributed by atoms with van der Waals surface area (Å²) in [4.78, 5) is 2.43. The Morgan fingerprint density at radius 3 is 2.44 bits per heavy atom. The van der Waals surface area contributed by atoms with Crippen molar-refractivity contribution in [1.29, 1.82) is 0 Å². The molecule has 4 nitrogen and oxygen atoms in total. The molecule has 1 heterocycles. The number of halogens is 1. The van der Waals surface area contributed by atoms with Crippen LogP contribution in [0.4, 0.5) is 0 Å². The molecule has 0 aliphatic rings. The fraction of sp³-hybridized carbons (Fsp3) is 0.769. The van der Waals surface area contributed by atoms with Crippen molar-refractivity contribution in [2.75, 3.05) is 19.6 Å². The smallest absolute Gasteiger partial charge is 0.0739 e. The molecule has 0 amide bonds. The molecule has 0 aliphatic heterocycles. The maximum absolute atomic E-state index is 4.40. The molecule has 1 N–H and O–H groups in total. The molecule has 18 heavy (non-hydrogen) atoms. The third-order valence-corrected chi connectivity index (χ3v) is 4.34. The molecule has 0 spiro atoms. The predicted molar refractivity (Wildman–Crippen MR) is 79.7 cm³/mol. The summed E-state index contributed by atoms with van der Waals surface area (Å²) in [5, 5.41) is 7.96. The second-order valence-electron chi connectivity index (χ2n) is 4.74. The molecule has 1 aromatic heterocycles. The summed E-state index contributed by atoms with van der Waals surface area (Å²) >= 11 is 3.60. The highest BCUT2D eigenvalue weighted by Crippen LogP contribution is 2.19.